The molecule has 1 aliphatic carbocycles. The van der Waals surface area contributed by atoms with Crippen LogP contribution in [0.25, 0.3) is 0 Å². The van der Waals surface area contributed by atoms with Crippen molar-refractivity contribution in [2.75, 3.05) is 6.54 Å². The second kappa shape index (κ2) is 9.24. The van der Waals surface area contributed by atoms with E-state index < -0.39 is 0 Å². The summed E-state index contributed by atoms with van der Waals surface area (Å²) in [5.74, 6) is 0.175. The van der Waals surface area contributed by atoms with Crippen molar-refractivity contribution in [2.24, 2.45) is 0 Å². The Morgan fingerprint density at radius 2 is 2.21 bits per heavy atom. The Labute approximate surface area is 146 Å². The summed E-state index contributed by atoms with van der Waals surface area (Å²) in [5, 5.41) is 3.11. The van der Waals surface area contributed by atoms with Crippen LogP contribution in [0.2, 0.25) is 0 Å². The molecule has 0 aromatic rings. The first kappa shape index (κ1) is 17.4. The van der Waals surface area contributed by atoms with Crippen molar-refractivity contribution >= 4 is 5.78 Å². The van der Waals surface area contributed by atoms with E-state index in [9.17, 15) is 4.79 Å². The van der Waals surface area contributed by atoms with Gasteiger partial charge in [-0.15, -0.1) is 0 Å². The topological polar surface area (TPSA) is 29.1 Å². The van der Waals surface area contributed by atoms with Gasteiger partial charge >= 0.3 is 68.9 Å². The molecule has 1 aliphatic rings. The molecule has 0 aromatic heterocycles. The molecule has 1 N–H and O–H groups in total. The number of carbonyl (C=O) groups is 1. The van der Waals surface area contributed by atoms with Gasteiger partial charge in [0.25, 0.3) is 0 Å². The molecular weight excluding hydrogens is 295 g/mol. The fraction of sp³-hybridized carbons (Fsp3) is 0.455. The third kappa shape index (κ3) is 6.48. The normalized spacial score (nSPS) is 14.1. The minimum atomic E-state index is 0. The van der Waals surface area contributed by atoms with Gasteiger partial charge in [-0.1, -0.05) is 6.08 Å². The van der Waals surface area contributed by atoms with Gasteiger partial charge in [0, 0.05) is 5.70 Å². The molecule has 0 saturated heterocycles. The quantitative estimate of drug-likeness (QED) is 0.694. The summed E-state index contributed by atoms with van der Waals surface area (Å²) in [6.45, 7) is 4.14. The van der Waals surface area contributed by atoms with Gasteiger partial charge in [-0.25, -0.2) is 0 Å². The third-order valence-corrected chi connectivity index (χ3v) is 1.96. The molecule has 1 rings (SSSR count). The molecule has 14 heavy (non-hydrogen) atoms. The van der Waals surface area contributed by atoms with Crippen LogP contribution >= 0.6 is 0 Å². The summed E-state index contributed by atoms with van der Waals surface area (Å²) in [4.78, 5) is 10.7. The first-order chi connectivity index (χ1) is 5.70. The third-order valence-electron chi connectivity index (χ3n) is 1.96. The van der Waals surface area contributed by atoms with E-state index >= 15 is 0 Å². The number of hydrogen-bond donors (Lipinski definition) is 1. The standard InChI is InChI=1S/C10H15NO.CH3.Cs/c1-8-5-3-4-6-10(8)11-7-9(2)12;;/h4,6,11H,3,5,7H2,1-2H3;1H3;/q;-1;+1. The first-order valence-electron chi connectivity index (χ1n) is 4.30. The molecule has 0 bridgehead atoms. The maximum atomic E-state index is 10.7. The first-order valence-corrected chi connectivity index (χ1v) is 4.30. The molecule has 0 spiro atoms. The van der Waals surface area contributed by atoms with Gasteiger partial charge in [0.15, 0.2) is 0 Å². The molecule has 0 unspecified atom stereocenters. The van der Waals surface area contributed by atoms with E-state index in [4.69, 9.17) is 0 Å². The second-order valence-corrected chi connectivity index (χ2v) is 3.19. The molecule has 0 radical (unpaired) electrons. The molecule has 0 heterocycles. The zero-order valence-electron chi connectivity index (χ0n) is 9.68. The van der Waals surface area contributed by atoms with Crippen LogP contribution in [0.4, 0.5) is 0 Å². The van der Waals surface area contributed by atoms with E-state index in [2.05, 4.69) is 24.4 Å². The summed E-state index contributed by atoms with van der Waals surface area (Å²) >= 11 is 0. The smallest absolute Gasteiger partial charge is 0.378 e. The number of hydrogen-bond acceptors (Lipinski definition) is 2. The van der Waals surface area contributed by atoms with E-state index in [1.54, 1.807) is 6.92 Å². The van der Waals surface area contributed by atoms with Crippen LogP contribution in [0.5, 0.6) is 0 Å². The summed E-state index contributed by atoms with van der Waals surface area (Å²) in [5.41, 5.74) is 2.47. The van der Waals surface area contributed by atoms with Crippen LogP contribution in [0, 0.1) is 7.43 Å². The van der Waals surface area contributed by atoms with Crippen molar-refractivity contribution in [3.05, 3.63) is 30.8 Å². The molecule has 0 aromatic carbocycles. The Bertz CT molecular complexity index is 244. The maximum Gasteiger partial charge on any atom is 1.00 e. The van der Waals surface area contributed by atoms with Gasteiger partial charge in [-0.05, 0) is 38.3 Å². The number of nitrogens with one attached hydrogen (secondary N) is 1. The van der Waals surface area contributed by atoms with Gasteiger partial charge < -0.3 is 12.7 Å². The SMILES string of the molecule is CC(=O)CNC1=C(C)CCC=C1.[CH3-].[Cs+]. The van der Waals surface area contributed by atoms with Gasteiger partial charge in [0.05, 0.1) is 6.54 Å². The average Bonchev–Trinajstić information content (AvgIpc) is 2.03. The van der Waals surface area contributed by atoms with E-state index in [-0.39, 0.29) is 82.1 Å². The Kier molecular flexibility index (Phi) is 11.5. The number of Topliss-reactive ketones (excluding diaryl/α,β-unsaturated/α-hetero) is 1. The molecule has 0 fully saturated rings. The largest absolute Gasteiger partial charge is 1.00 e. The minimum absolute atomic E-state index is 0. The zero-order chi connectivity index (χ0) is 8.97. The number of rotatable bonds is 3. The van der Waals surface area contributed by atoms with Gasteiger partial charge in [0.2, 0.25) is 0 Å². The van der Waals surface area contributed by atoms with Crippen LogP contribution in [0.3, 0.4) is 0 Å². The van der Waals surface area contributed by atoms with Crippen LogP contribution in [0.15, 0.2) is 23.4 Å². The molecule has 0 atom stereocenters. The van der Waals surface area contributed by atoms with E-state index in [1.807, 2.05) is 0 Å². The van der Waals surface area contributed by atoms with Crippen LogP contribution < -0.4 is 74.2 Å². The Morgan fingerprint density at radius 3 is 2.71 bits per heavy atom. The Hall–Kier alpha value is 1.00. The summed E-state index contributed by atoms with van der Waals surface area (Å²) in [6.07, 6.45) is 6.42. The second-order valence-electron chi connectivity index (χ2n) is 3.19. The maximum absolute atomic E-state index is 10.7. The molecule has 0 amide bonds. The molecular formula is C11H18CsNO. The molecule has 0 saturated carbocycles. The number of allylic oxidation sites excluding steroid dienone is 3. The Morgan fingerprint density at radius 1 is 1.57 bits per heavy atom. The predicted octanol–water partition coefficient (Wildman–Crippen LogP) is -0.757. The number of ketones is 1. The van der Waals surface area contributed by atoms with Crippen molar-refractivity contribution in [1.29, 1.82) is 0 Å². The summed E-state index contributed by atoms with van der Waals surface area (Å²) in [6, 6.07) is 0. The number of carbonyl (C=O) groups excluding carboxylic acids is 1. The van der Waals surface area contributed by atoms with Gasteiger partial charge in [-0.2, -0.15) is 0 Å². The Balaban J connectivity index is 0. The zero-order valence-corrected chi connectivity index (χ0v) is 16.0. The summed E-state index contributed by atoms with van der Waals surface area (Å²) < 4.78 is 0. The van der Waals surface area contributed by atoms with Crippen molar-refractivity contribution < 1.29 is 73.7 Å². The van der Waals surface area contributed by atoms with Crippen molar-refractivity contribution in [3.63, 3.8) is 0 Å². The fourth-order valence-corrected chi connectivity index (χ4v) is 1.21. The van der Waals surface area contributed by atoms with Crippen LogP contribution in [-0.4, -0.2) is 12.3 Å². The van der Waals surface area contributed by atoms with Crippen molar-refractivity contribution in [3.8, 4) is 0 Å². The average molecular weight is 313 g/mol. The van der Waals surface area contributed by atoms with E-state index in [0.29, 0.717) is 6.54 Å². The monoisotopic (exact) mass is 313 g/mol. The van der Waals surface area contributed by atoms with Gasteiger partial charge in [0.1, 0.15) is 5.78 Å². The van der Waals surface area contributed by atoms with Crippen molar-refractivity contribution in [2.45, 2.75) is 26.7 Å². The van der Waals surface area contributed by atoms with Gasteiger partial charge in [-0.3, -0.25) is 4.79 Å². The fourth-order valence-electron chi connectivity index (χ4n) is 1.21. The van der Waals surface area contributed by atoms with Crippen LogP contribution in [0.1, 0.15) is 26.7 Å². The molecule has 3 heteroatoms. The van der Waals surface area contributed by atoms with E-state index in [1.165, 1.54) is 5.57 Å². The molecule has 0 aliphatic heterocycles. The van der Waals surface area contributed by atoms with E-state index in [0.717, 1.165) is 18.5 Å². The molecule has 2 nitrogen and oxygen atoms in total. The predicted molar refractivity (Wildman–Crippen MR) is 56.2 cm³/mol. The molecule has 74 valence electrons. The summed E-state index contributed by atoms with van der Waals surface area (Å²) in [7, 11) is 0. The van der Waals surface area contributed by atoms with Crippen LogP contribution in [-0.2, 0) is 4.79 Å². The van der Waals surface area contributed by atoms with Crippen molar-refractivity contribution in [1.82, 2.24) is 5.32 Å². The minimum Gasteiger partial charge on any atom is -0.378 e.